The van der Waals surface area contributed by atoms with E-state index in [2.05, 4.69) is 15.9 Å². The van der Waals surface area contributed by atoms with Gasteiger partial charge in [0.1, 0.15) is 5.56 Å². The molecule has 0 N–H and O–H groups in total. The maximum atomic E-state index is 12.6. The quantitative estimate of drug-likeness (QED) is 0.479. The van der Waals surface area contributed by atoms with Gasteiger partial charge in [-0.1, -0.05) is 53.2 Å². The van der Waals surface area contributed by atoms with Crippen LogP contribution in [0.4, 0.5) is 5.69 Å². The number of ketones is 1. The van der Waals surface area contributed by atoms with Crippen LogP contribution in [0.5, 0.6) is 0 Å². The highest BCUT2D eigenvalue weighted by atomic mass is 79.9. The molecule has 0 aromatic heterocycles. The van der Waals surface area contributed by atoms with Crippen molar-refractivity contribution in [1.82, 2.24) is 0 Å². The summed E-state index contributed by atoms with van der Waals surface area (Å²) in [5.74, 6) is -0.324. The van der Waals surface area contributed by atoms with Crippen LogP contribution in [0.1, 0.15) is 28.4 Å². The standard InChI is InChI=1S/C15H12BrNO3/c1-2-11-12(16)8-9-13(17(19)20)14(11)15(18)10-6-4-3-5-7-10/h3-9H,2H2,1H3. The van der Waals surface area contributed by atoms with E-state index in [1.807, 2.05) is 6.92 Å². The van der Waals surface area contributed by atoms with Gasteiger partial charge < -0.3 is 0 Å². The third-order valence-electron chi connectivity index (χ3n) is 3.05. The Bertz CT molecular complexity index is 668. The highest BCUT2D eigenvalue weighted by Gasteiger charge is 2.25. The molecule has 0 fully saturated rings. The van der Waals surface area contributed by atoms with Crippen molar-refractivity contribution in [1.29, 1.82) is 0 Å². The molecule has 0 radical (unpaired) electrons. The number of halogens is 1. The van der Waals surface area contributed by atoms with E-state index >= 15 is 0 Å². The Kier molecular flexibility index (Phi) is 4.29. The number of hydrogen-bond acceptors (Lipinski definition) is 3. The first-order valence-corrected chi connectivity index (χ1v) is 6.91. The van der Waals surface area contributed by atoms with Gasteiger partial charge in [0.05, 0.1) is 4.92 Å². The van der Waals surface area contributed by atoms with Crippen LogP contribution in [0.3, 0.4) is 0 Å². The molecule has 2 aromatic carbocycles. The van der Waals surface area contributed by atoms with E-state index < -0.39 is 4.92 Å². The molecule has 0 bridgehead atoms. The fraction of sp³-hybridized carbons (Fsp3) is 0.133. The second-order valence-electron chi connectivity index (χ2n) is 4.23. The van der Waals surface area contributed by atoms with Crippen molar-refractivity contribution in [3.05, 3.63) is 73.7 Å². The average molecular weight is 334 g/mol. The minimum Gasteiger partial charge on any atom is -0.288 e. The summed E-state index contributed by atoms with van der Waals surface area (Å²) in [7, 11) is 0. The Morgan fingerprint density at radius 2 is 1.85 bits per heavy atom. The van der Waals surface area contributed by atoms with Crippen molar-refractivity contribution >= 4 is 27.4 Å². The Morgan fingerprint density at radius 1 is 1.20 bits per heavy atom. The topological polar surface area (TPSA) is 60.2 Å². The van der Waals surface area contributed by atoms with Crippen LogP contribution in [0.2, 0.25) is 0 Å². The van der Waals surface area contributed by atoms with Crippen LogP contribution in [-0.4, -0.2) is 10.7 Å². The average Bonchev–Trinajstić information content (AvgIpc) is 2.46. The summed E-state index contributed by atoms with van der Waals surface area (Å²) in [6.07, 6.45) is 0.538. The van der Waals surface area contributed by atoms with Gasteiger partial charge in [0.2, 0.25) is 0 Å². The fourth-order valence-electron chi connectivity index (χ4n) is 2.10. The summed E-state index contributed by atoms with van der Waals surface area (Å²) in [5, 5.41) is 11.2. The molecule has 0 saturated carbocycles. The molecule has 20 heavy (non-hydrogen) atoms. The SMILES string of the molecule is CCc1c(Br)ccc([N+](=O)[O-])c1C(=O)c1ccccc1. The molecule has 5 heteroatoms. The molecule has 0 atom stereocenters. The molecule has 4 nitrogen and oxygen atoms in total. The molecule has 102 valence electrons. The largest absolute Gasteiger partial charge is 0.288 e. The molecular formula is C15H12BrNO3. The third kappa shape index (κ3) is 2.63. The molecule has 0 saturated heterocycles. The number of rotatable bonds is 4. The monoisotopic (exact) mass is 333 g/mol. The van der Waals surface area contributed by atoms with Crippen molar-refractivity contribution in [2.24, 2.45) is 0 Å². The lowest BCUT2D eigenvalue weighted by molar-refractivity contribution is -0.385. The number of nitro groups is 1. The van der Waals surface area contributed by atoms with Crippen LogP contribution in [0, 0.1) is 10.1 Å². The van der Waals surface area contributed by atoms with Crippen molar-refractivity contribution < 1.29 is 9.72 Å². The van der Waals surface area contributed by atoms with Gasteiger partial charge in [-0.2, -0.15) is 0 Å². The molecule has 0 aliphatic heterocycles. The highest BCUT2D eigenvalue weighted by molar-refractivity contribution is 9.10. The Morgan fingerprint density at radius 3 is 2.40 bits per heavy atom. The van der Waals surface area contributed by atoms with Gasteiger partial charge >= 0.3 is 0 Å². The molecule has 0 unspecified atom stereocenters. The normalized spacial score (nSPS) is 10.3. The zero-order valence-electron chi connectivity index (χ0n) is 10.8. The van der Waals surface area contributed by atoms with Crippen molar-refractivity contribution in [2.75, 3.05) is 0 Å². The molecule has 0 amide bonds. The molecule has 2 rings (SSSR count). The van der Waals surface area contributed by atoms with Crippen LogP contribution in [-0.2, 0) is 6.42 Å². The summed E-state index contributed by atoms with van der Waals surface area (Å²) in [4.78, 5) is 23.2. The highest BCUT2D eigenvalue weighted by Crippen LogP contribution is 2.31. The molecular weight excluding hydrogens is 322 g/mol. The predicted molar refractivity (Wildman–Crippen MR) is 80.0 cm³/mol. The molecule has 2 aromatic rings. The second kappa shape index (κ2) is 5.96. The zero-order valence-corrected chi connectivity index (χ0v) is 12.4. The molecule has 0 aliphatic carbocycles. The first-order chi connectivity index (χ1) is 9.56. The zero-order chi connectivity index (χ0) is 14.7. The minimum absolute atomic E-state index is 0.154. The lowest BCUT2D eigenvalue weighted by atomic mass is 9.95. The Labute approximate surface area is 124 Å². The van der Waals surface area contributed by atoms with Crippen LogP contribution in [0.25, 0.3) is 0 Å². The summed E-state index contributed by atoms with van der Waals surface area (Å²) >= 11 is 3.36. The summed E-state index contributed by atoms with van der Waals surface area (Å²) < 4.78 is 0.713. The molecule has 0 spiro atoms. The lowest BCUT2D eigenvalue weighted by Crippen LogP contribution is -2.09. The van der Waals surface area contributed by atoms with Gasteiger partial charge in [0.25, 0.3) is 5.69 Å². The number of hydrogen-bond donors (Lipinski definition) is 0. The van der Waals surface area contributed by atoms with Crippen LogP contribution >= 0.6 is 15.9 Å². The summed E-state index contributed by atoms with van der Waals surface area (Å²) in [6, 6.07) is 11.6. The van der Waals surface area contributed by atoms with E-state index in [1.54, 1.807) is 36.4 Å². The van der Waals surface area contributed by atoms with Crippen molar-refractivity contribution in [3.8, 4) is 0 Å². The number of nitro benzene ring substituents is 1. The maximum absolute atomic E-state index is 12.6. The van der Waals surface area contributed by atoms with Gasteiger partial charge in [-0.3, -0.25) is 14.9 Å². The third-order valence-corrected chi connectivity index (χ3v) is 3.79. The number of carbonyl (C=O) groups is 1. The molecule has 0 heterocycles. The van der Waals surface area contributed by atoms with E-state index in [1.165, 1.54) is 6.07 Å². The first kappa shape index (κ1) is 14.4. The fourth-order valence-corrected chi connectivity index (χ4v) is 2.71. The molecule has 0 aliphatic rings. The van der Waals surface area contributed by atoms with Gasteiger partial charge in [-0.15, -0.1) is 0 Å². The maximum Gasteiger partial charge on any atom is 0.280 e. The van der Waals surface area contributed by atoms with Gasteiger partial charge in [-0.05, 0) is 18.1 Å². The van der Waals surface area contributed by atoms with Gasteiger partial charge in [-0.25, -0.2) is 0 Å². The van der Waals surface area contributed by atoms with Crippen molar-refractivity contribution in [2.45, 2.75) is 13.3 Å². The van der Waals surface area contributed by atoms with E-state index in [9.17, 15) is 14.9 Å². The van der Waals surface area contributed by atoms with E-state index in [-0.39, 0.29) is 17.0 Å². The van der Waals surface area contributed by atoms with E-state index in [0.717, 1.165) is 0 Å². The van der Waals surface area contributed by atoms with Crippen molar-refractivity contribution in [3.63, 3.8) is 0 Å². The minimum atomic E-state index is -0.512. The first-order valence-electron chi connectivity index (χ1n) is 6.11. The number of benzene rings is 2. The van der Waals surface area contributed by atoms with Crippen LogP contribution < -0.4 is 0 Å². The van der Waals surface area contributed by atoms with Gasteiger partial charge in [0.15, 0.2) is 5.78 Å². The summed E-state index contributed by atoms with van der Waals surface area (Å²) in [6.45, 7) is 1.87. The van der Waals surface area contributed by atoms with Gasteiger partial charge in [0, 0.05) is 16.1 Å². The summed E-state index contributed by atoms with van der Waals surface area (Å²) in [5.41, 5.74) is 1.12. The number of carbonyl (C=O) groups excluding carboxylic acids is 1. The Hall–Kier alpha value is -2.01. The lowest BCUT2D eigenvalue weighted by Gasteiger charge is -2.10. The second-order valence-corrected chi connectivity index (χ2v) is 5.08. The van der Waals surface area contributed by atoms with E-state index in [0.29, 0.717) is 22.0 Å². The Balaban J connectivity index is 2.68. The number of nitrogens with zero attached hydrogens (tertiary/aromatic N) is 1. The van der Waals surface area contributed by atoms with Crippen LogP contribution in [0.15, 0.2) is 46.9 Å². The van der Waals surface area contributed by atoms with E-state index in [4.69, 9.17) is 0 Å². The smallest absolute Gasteiger partial charge is 0.280 e. The predicted octanol–water partition coefficient (Wildman–Crippen LogP) is 4.15.